The molecule has 2 fully saturated rings. The fourth-order valence-corrected chi connectivity index (χ4v) is 4.00. The van der Waals surface area contributed by atoms with Gasteiger partial charge in [0, 0.05) is 43.7 Å². The molecule has 140 valence electrons. The summed E-state index contributed by atoms with van der Waals surface area (Å²) in [5, 5.41) is 0. The van der Waals surface area contributed by atoms with Gasteiger partial charge in [-0.2, -0.15) is 0 Å². The fourth-order valence-electron chi connectivity index (χ4n) is 4.00. The molecule has 1 aromatic rings. The number of ketones is 1. The standard InChI is InChI=1S/C20H25NO5/c22-19(16-1-2-17-18(13-16)26-12-11-25-17)14-3-7-21(8-4-14)20(23)15-5-9-24-10-6-15/h1-2,13-15H,3-12H2. The normalized spacial score (nSPS) is 21.5. The molecule has 6 nitrogen and oxygen atoms in total. The van der Waals surface area contributed by atoms with Crippen LogP contribution < -0.4 is 9.47 Å². The number of carbonyl (C=O) groups is 2. The second kappa shape index (κ2) is 7.66. The number of piperidine rings is 1. The summed E-state index contributed by atoms with van der Waals surface area (Å²) in [4.78, 5) is 27.4. The summed E-state index contributed by atoms with van der Waals surface area (Å²) in [6.45, 7) is 3.73. The second-order valence-corrected chi connectivity index (χ2v) is 7.21. The van der Waals surface area contributed by atoms with Gasteiger partial charge >= 0.3 is 0 Å². The summed E-state index contributed by atoms with van der Waals surface area (Å²) in [5.74, 6) is 1.78. The minimum absolute atomic E-state index is 0.0312. The SMILES string of the molecule is O=C(c1ccc2c(c1)OCCO2)C1CCN(C(=O)C2CCOCC2)CC1. The van der Waals surface area contributed by atoms with Gasteiger partial charge in [0.05, 0.1) is 0 Å². The molecule has 1 amide bonds. The minimum atomic E-state index is -0.0312. The number of hydrogen-bond donors (Lipinski definition) is 0. The molecule has 2 saturated heterocycles. The third kappa shape index (κ3) is 3.56. The number of hydrogen-bond acceptors (Lipinski definition) is 5. The van der Waals surface area contributed by atoms with E-state index in [9.17, 15) is 9.59 Å². The monoisotopic (exact) mass is 359 g/mol. The number of rotatable bonds is 3. The van der Waals surface area contributed by atoms with E-state index < -0.39 is 0 Å². The van der Waals surface area contributed by atoms with Crippen LogP contribution in [0.1, 0.15) is 36.0 Å². The minimum Gasteiger partial charge on any atom is -0.486 e. The Kier molecular flexibility index (Phi) is 5.11. The summed E-state index contributed by atoms with van der Waals surface area (Å²) in [7, 11) is 0. The van der Waals surface area contributed by atoms with E-state index in [0.717, 1.165) is 25.7 Å². The average Bonchev–Trinajstić information content (AvgIpc) is 2.73. The summed E-state index contributed by atoms with van der Waals surface area (Å²) in [6.07, 6.45) is 3.08. The van der Waals surface area contributed by atoms with Crippen LogP contribution in [0.4, 0.5) is 0 Å². The topological polar surface area (TPSA) is 65.1 Å². The van der Waals surface area contributed by atoms with E-state index in [2.05, 4.69) is 0 Å². The molecule has 3 aliphatic heterocycles. The van der Waals surface area contributed by atoms with Crippen LogP contribution in [-0.4, -0.2) is 56.1 Å². The Labute approximate surface area is 153 Å². The highest BCUT2D eigenvalue weighted by molar-refractivity contribution is 5.98. The lowest BCUT2D eigenvalue weighted by Gasteiger charge is -2.34. The van der Waals surface area contributed by atoms with Crippen molar-refractivity contribution in [3.05, 3.63) is 23.8 Å². The average molecular weight is 359 g/mol. The fraction of sp³-hybridized carbons (Fsp3) is 0.600. The molecule has 0 radical (unpaired) electrons. The summed E-state index contributed by atoms with van der Waals surface area (Å²) >= 11 is 0. The van der Waals surface area contributed by atoms with Gasteiger partial charge in [0.15, 0.2) is 17.3 Å². The molecule has 0 aromatic heterocycles. The smallest absolute Gasteiger partial charge is 0.225 e. The second-order valence-electron chi connectivity index (χ2n) is 7.21. The first-order chi connectivity index (χ1) is 12.7. The van der Waals surface area contributed by atoms with Crippen LogP contribution in [0.2, 0.25) is 0 Å². The van der Waals surface area contributed by atoms with Crippen LogP contribution in [-0.2, 0) is 9.53 Å². The van der Waals surface area contributed by atoms with Gasteiger partial charge in [-0.3, -0.25) is 9.59 Å². The van der Waals surface area contributed by atoms with E-state index in [-0.39, 0.29) is 23.5 Å². The molecule has 0 spiro atoms. The Bertz CT molecular complexity index is 675. The summed E-state index contributed by atoms with van der Waals surface area (Å²) < 4.78 is 16.4. The molecule has 0 aliphatic carbocycles. The molecule has 0 bridgehead atoms. The molecule has 0 saturated carbocycles. The zero-order chi connectivity index (χ0) is 17.9. The molecule has 0 atom stereocenters. The lowest BCUT2D eigenvalue weighted by Crippen LogP contribution is -2.44. The molecule has 1 aromatic carbocycles. The number of carbonyl (C=O) groups excluding carboxylic acids is 2. The highest BCUT2D eigenvalue weighted by Crippen LogP contribution is 2.33. The number of ether oxygens (including phenoxy) is 3. The van der Waals surface area contributed by atoms with Gasteiger partial charge < -0.3 is 19.1 Å². The van der Waals surface area contributed by atoms with Crippen LogP contribution in [0.25, 0.3) is 0 Å². The molecule has 0 N–H and O–H groups in total. The zero-order valence-corrected chi connectivity index (χ0v) is 14.9. The van der Waals surface area contributed by atoms with Gasteiger partial charge in [0.2, 0.25) is 5.91 Å². The summed E-state index contributed by atoms with van der Waals surface area (Å²) in [6, 6.07) is 5.41. The first-order valence-corrected chi connectivity index (χ1v) is 9.53. The van der Waals surface area contributed by atoms with Gasteiger partial charge in [-0.15, -0.1) is 0 Å². The van der Waals surface area contributed by atoms with Gasteiger partial charge in [-0.1, -0.05) is 0 Å². The number of fused-ring (bicyclic) bond motifs is 1. The Morgan fingerprint density at radius 3 is 2.27 bits per heavy atom. The maximum atomic E-state index is 12.8. The van der Waals surface area contributed by atoms with Crippen molar-refractivity contribution < 1.29 is 23.8 Å². The Balaban J connectivity index is 1.35. The van der Waals surface area contributed by atoms with E-state index in [1.807, 2.05) is 17.0 Å². The molecule has 6 heteroatoms. The van der Waals surface area contributed by atoms with E-state index >= 15 is 0 Å². The third-order valence-electron chi connectivity index (χ3n) is 5.57. The van der Waals surface area contributed by atoms with Crippen molar-refractivity contribution in [3.63, 3.8) is 0 Å². The van der Waals surface area contributed by atoms with Crippen molar-refractivity contribution in [2.24, 2.45) is 11.8 Å². The predicted octanol–water partition coefficient (Wildman–Crippen LogP) is 2.31. The lowest BCUT2D eigenvalue weighted by atomic mass is 9.88. The molecule has 0 unspecified atom stereocenters. The number of amides is 1. The lowest BCUT2D eigenvalue weighted by molar-refractivity contribution is -0.139. The van der Waals surface area contributed by atoms with Crippen LogP contribution in [0.3, 0.4) is 0 Å². The number of likely N-dealkylation sites (tertiary alicyclic amines) is 1. The van der Waals surface area contributed by atoms with Gasteiger partial charge in [0.25, 0.3) is 0 Å². The highest BCUT2D eigenvalue weighted by Gasteiger charge is 2.32. The molecule has 4 rings (SSSR count). The Morgan fingerprint density at radius 1 is 0.846 bits per heavy atom. The molecule has 3 aliphatic rings. The zero-order valence-electron chi connectivity index (χ0n) is 14.9. The van der Waals surface area contributed by atoms with Crippen molar-refractivity contribution >= 4 is 11.7 Å². The largest absolute Gasteiger partial charge is 0.486 e. The van der Waals surface area contributed by atoms with Gasteiger partial charge in [0.1, 0.15) is 13.2 Å². The van der Waals surface area contributed by atoms with Crippen molar-refractivity contribution in [2.45, 2.75) is 25.7 Å². The first-order valence-electron chi connectivity index (χ1n) is 9.53. The molecule has 26 heavy (non-hydrogen) atoms. The van der Waals surface area contributed by atoms with Gasteiger partial charge in [-0.25, -0.2) is 0 Å². The molecular formula is C20H25NO5. The Hall–Kier alpha value is -2.08. The maximum Gasteiger partial charge on any atom is 0.225 e. The van der Waals surface area contributed by atoms with Crippen molar-refractivity contribution in [2.75, 3.05) is 39.5 Å². The highest BCUT2D eigenvalue weighted by atomic mass is 16.6. The first kappa shape index (κ1) is 17.3. The van der Waals surface area contributed by atoms with E-state index in [0.29, 0.717) is 56.6 Å². The van der Waals surface area contributed by atoms with Crippen molar-refractivity contribution in [1.82, 2.24) is 4.90 Å². The van der Waals surface area contributed by atoms with Gasteiger partial charge in [-0.05, 0) is 43.9 Å². The number of Topliss-reactive ketones (excluding diaryl/α,β-unsaturated/α-hetero) is 1. The quantitative estimate of drug-likeness (QED) is 0.775. The van der Waals surface area contributed by atoms with Crippen molar-refractivity contribution in [1.29, 1.82) is 0 Å². The van der Waals surface area contributed by atoms with Crippen LogP contribution >= 0.6 is 0 Å². The summed E-state index contributed by atoms with van der Waals surface area (Å²) in [5.41, 5.74) is 0.670. The van der Waals surface area contributed by atoms with Crippen LogP contribution in [0.5, 0.6) is 11.5 Å². The van der Waals surface area contributed by atoms with E-state index in [1.165, 1.54) is 0 Å². The van der Waals surface area contributed by atoms with Crippen molar-refractivity contribution in [3.8, 4) is 11.5 Å². The Morgan fingerprint density at radius 2 is 1.54 bits per heavy atom. The third-order valence-corrected chi connectivity index (χ3v) is 5.57. The van der Waals surface area contributed by atoms with Crippen LogP contribution in [0, 0.1) is 11.8 Å². The predicted molar refractivity (Wildman–Crippen MR) is 94.6 cm³/mol. The number of benzene rings is 1. The van der Waals surface area contributed by atoms with Crippen LogP contribution in [0.15, 0.2) is 18.2 Å². The number of nitrogens with zero attached hydrogens (tertiary/aromatic N) is 1. The molecule has 3 heterocycles. The van der Waals surface area contributed by atoms with E-state index in [4.69, 9.17) is 14.2 Å². The van der Waals surface area contributed by atoms with E-state index in [1.54, 1.807) is 6.07 Å². The maximum absolute atomic E-state index is 12.8. The molecular weight excluding hydrogens is 334 g/mol.